The molecular weight excluding hydrogens is 557 g/mol. The molecule has 5 rings (SSSR count). The number of carbonyl (C=O) groups excluding carboxylic acids is 2. The van der Waals surface area contributed by atoms with E-state index in [0.29, 0.717) is 60.8 Å². The van der Waals surface area contributed by atoms with Crippen LogP contribution in [0.25, 0.3) is 20.7 Å². The molecule has 2 amide bonds. The number of rotatable bonds is 9. The number of carbonyl (C=O) groups is 2. The van der Waals surface area contributed by atoms with Crippen LogP contribution in [0.4, 0.5) is 10.2 Å². The van der Waals surface area contributed by atoms with Crippen molar-refractivity contribution in [1.29, 1.82) is 0 Å². The molecule has 0 spiro atoms. The molecule has 12 heteroatoms. The molecule has 0 aliphatic carbocycles. The van der Waals surface area contributed by atoms with E-state index in [-0.39, 0.29) is 24.2 Å². The zero-order chi connectivity index (χ0) is 28.1. The molecule has 0 radical (unpaired) electrons. The lowest BCUT2D eigenvalue weighted by atomic mass is 10.1. The molecule has 4 aromatic rings. The summed E-state index contributed by atoms with van der Waals surface area (Å²) in [5.74, 6) is 0.425. The summed E-state index contributed by atoms with van der Waals surface area (Å²) in [7, 11) is 1.56. The zero-order valence-electron chi connectivity index (χ0n) is 21.7. The number of amides is 2. The summed E-state index contributed by atoms with van der Waals surface area (Å²) in [6.45, 7) is 2.60. The van der Waals surface area contributed by atoms with E-state index in [4.69, 9.17) is 21.1 Å². The van der Waals surface area contributed by atoms with Crippen LogP contribution in [0.3, 0.4) is 0 Å². The van der Waals surface area contributed by atoms with Crippen molar-refractivity contribution in [2.75, 3.05) is 57.9 Å². The number of anilines is 1. The first-order valence-corrected chi connectivity index (χ1v) is 13.9. The molecule has 1 saturated heterocycles. The fraction of sp³-hybridized carbons (Fsp3) is 0.286. The Morgan fingerprint density at radius 1 is 1.05 bits per heavy atom. The van der Waals surface area contributed by atoms with Crippen LogP contribution in [0.5, 0.6) is 5.75 Å². The van der Waals surface area contributed by atoms with Gasteiger partial charge in [0.15, 0.2) is 6.61 Å². The molecule has 1 aliphatic heterocycles. The smallest absolute Gasteiger partial charge is 0.289 e. The molecule has 1 aliphatic rings. The first-order chi connectivity index (χ1) is 19.4. The number of ether oxygens (including phenoxy) is 2. The predicted molar refractivity (Wildman–Crippen MR) is 153 cm³/mol. The molecule has 1 fully saturated rings. The Kier molecular flexibility index (Phi) is 8.73. The van der Waals surface area contributed by atoms with Crippen molar-refractivity contribution in [3.8, 4) is 16.2 Å². The zero-order valence-corrected chi connectivity index (χ0v) is 23.3. The molecule has 9 nitrogen and oxygen atoms in total. The summed E-state index contributed by atoms with van der Waals surface area (Å²) in [6, 6.07) is 15.1. The highest BCUT2D eigenvalue weighted by molar-refractivity contribution is 7.21. The summed E-state index contributed by atoms with van der Waals surface area (Å²) in [6.07, 6.45) is 0. The van der Waals surface area contributed by atoms with Crippen molar-refractivity contribution in [3.05, 3.63) is 71.3 Å². The first kappa shape index (κ1) is 27.8. The number of fused-ring (bicyclic) bond motifs is 1. The van der Waals surface area contributed by atoms with Crippen LogP contribution in [0.1, 0.15) is 10.6 Å². The average Bonchev–Trinajstić information content (AvgIpc) is 3.41. The molecular formula is C28H27ClFN5O4S. The van der Waals surface area contributed by atoms with Crippen LogP contribution >= 0.6 is 22.9 Å². The van der Waals surface area contributed by atoms with Gasteiger partial charge in [0.25, 0.3) is 11.8 Å². The number of thiophene rings is 1. The molecule has 2 aromatic carbocycles. The van der Waals surface area contributed by atoms with Gasteiger partial charge in [0.05, 0.1) is 12.0 Å². The van der Waals surface area contributed by atoms with Gasteiger partial charge in [-0.05, 0) is 48.0 Å². The fourth-order valence-corrected chi connectivity index (χ4v) is 5.44. The highest BCUT2D eigenvalue weighted by Crippen LogP contribution is 2.37. The van der Waals surface area contributed by atoms with E-state index < -0.39 is 5.91 Å². The highest BCUT2D eigenvalue weighted by Gasteiger charge is 2.26. The van der Waals surface area contributed by atoms with Crippen LogP contribution in [0.15, 0.2) is 54.6 Å². The van der Waals surface area contributed by atoms with Gasteiger partial charge in [-0.25, -0.2) is 14.4 Å². The number of piperazine rings is 1. The highest BCUT2D eigenvalue weighted by atomic mass is 35.5. The van der Waals surface area contributed by atoms with Gasteiger partial charge < -0.3 is 24.6 Å². The number of hydrogen-bond acceptors (Lipinski definition) is 8. The number of aromatic nitrogens is 2. The standard InChI is InChI=1S/C28H27ClFN5O4S/c1-38-15-10-31-27(37)25-32-26(22-16-23(40-28(22)33-25)18-2-6-20(30)7-3-18)35-13-11-34(12-14-35)24(36)17-39-21-8-4-19(29)5-9-21/h2-9,16H,10-15,17H2,1H3,(H,31,37). The van der Waals surface area contributed by atoms with E-state index in [2.05, 4.69) is 20.2 Å². The Morgan fingerprint density at radius 2 is 1.77 bits per heavy atom. The van der Waals surface area contributed by atoms with Crippen molar-refractivity contribution < 1.29 is 23.5 Å². The Bertz CT molecular complexity index is 1490. The lowest BCUT2D eigenvalue weighted by molar-refractivity contribution is -0.133. The second-order valence-corrected chi connectivity index (χ2v) is 10.5. The maximum Gasteiger partial charge on any atom is 0.289 e. The Morgan fingerprint density at radius 3 is 2.48 bits per heavy atom. The molecule has 0 unspecified atom stereocenters. The topological polar surface area (TPSA) is 96.9 Å². The van der Waals surface area contributed by atoms with Gasteiger partial charge in [-0.15, -0.1) is 11.3 Å². The van der Waals surface area contributed by atoms with E-state index in [9.17, 15) is 14.0 Å². The largest absolute Gasteiger partial charge is 0.484 e. The Hall–Kier alpha value is -3.80. The van der Waals surface area contributed by atoms with Crippen molar-refractivity contribution in [3.63, 3.8) is 0 Å². The van der Waals surface area contributed by atoms with Gasteiger partial charge in [0.1, 0.15) is 22.2 Å². The van der Waals surface area contributed by atoms with Crippen LogP contribution < -0.4 is 15.0 Å². The van der Waals surface area contributed by atoms with Gasteiger partial charge in [-0.2, -0.15) is 0 Å². The predicted octanol–water partition coefficient (Wildman–Crippen LogP) is 4.25. The average molecular weight is 584 g/mol. The van der Waals surface area contributed by atoms with Crippen molar-refractivity contribution >= 4 is 50.8 Å². The Balaban J connectivity index is 1.34. The second-order valence-electron chi connectivity index (χ2n) is 9.07. The molecule has 0 bridgehead atoms. The van der Waals surface area contributed by atoms with Gasteiger partial charge in [0.2, 0.25) is 5.82 Å². The van der Waals surface area contributed by atoms with Crippen LogP contribution in [0, 0.1) is 5.82 Å². The van der Waals surface area contributed by atoms with E-state index in [1.54, 1.807) is 48.4 Å². The minimum atomic E-state index is -0.398. The third-order valence-corrected chi connectivity index (χ3v) is 7.73. The molecule has 208 valence electrons. The van der Waals surface area contributed by atoms with Crippen LogP contribution in [-0.4, -0.2) is 79.7 Å². The van der Waals surface area contributed by atoms with Crippen LogP contribution in [0.2, 0.25) is 5.02 Å². The minimum Gasteiger partial charge on any atom is -0.484 e. The molecule has 2 aromatic heterocycles. The van der Waals surface area contributed by atoms with Crippen molar-refractivity contribution in [2.24, 2.45) is 0 Å². The number of hydrogen-bond donors (Lipinski definition) is 1. The number of methoxy groups -OCH3 is 1. The summed E-state index contributed by atoms with van der Waals surface area (Å²) in [5.41, 5.74) is 0.845. The van der Waals surface area contributed by atoms with Crippen LogP contribution in [-0.2, 0) is 9.53 Å². The van der Waals surface area contributed by atoms with Gasteiger partial charge in [-0.1, -0.05) is 23.7 Å². The maximum absolute atomic E-state index is 13.5. The van der Waals surface area contributed by atoms with E-state index in [1.165, 1.54) is 23.5 Å². The lowest BCUT2D eigenvalue weighted by Crippen LogP contribution is -2.50. The van der Waals surface area contributed by atoms with Gasteiger partial charge in [-0.3, -0.25) is 9.59 Å². The SMILES string of the molecule is COCCNC(=O)c1nc(N2CCN(C(=O)COc3ccc(Cl)cc3)CC2)c2cc(-c3ccc(F)cc3)sc2n1. The number of benzene rings is 2. The van der Waals surface area contributed by atoms with E-state index in [1.807, 2.05) is 6.07 Å². The molecule has 3 heterocycles. The monoisotopic (exact) mass is 583 g/mol. The number of halogens is 2. The summed E-state index contributed by atoms with van der Waals surface area (Å²) >= 11 is 7.32. The maximum atomic E-state index is 13.5. The van der Waals surface area contributed by atoms with E-state index in [0.717, 1.165) is 15.8 Å². The quantitative estimate of drug-likeness (QED) is 0.294. The number of nitrogens with zero attached hydrogens (tertiary/aromatic N) is 4. The third kappa shape index (κ3) is 6.49. The Labute approximate surface area is 239 Å². The summed E-state index contributed by atoms with van der Waals surface area (Å²) < 4.78 is 24.1. The van der Waals surface area contributed by atoms with Crippen molar-refractivity contribution in [2.45, 2.75) is 0 Å². The first-order valence-electron chi connectivity index (χ1n) is 12.7. The fourth-order valence-electron chi connectivity index (χ4n) is 4.29. The summed E-state index contributed by atoms with van der Waals surface area (Å²) in [4.78, 5) is 40.2. The van der Waals surface area contributed by atoms with Gasteiger partial charge in [0, 0.05) is 49.7 Å². The van der Waals surface area contributed by atoms with E-state index >= 15 is 0 Å². The lowest BCUT2D eigenvalue weighted by Gasteiger charge is -2.35. The van der Waals surface area contributed by atoms with Gasteiger partial charge >= 0.3 is 0 Å². The normalized spacial score (nSPS) is 13.5. The summed E-state index contributed by atoms with van der Waals surface area (Å²) in [5, 5.41) is 4.17. The number of nitrogens with one attached hydrogen (secondary N) is 1. The molecule has 0 atom stereocenters. The molecule has 40 heavy (non-hydrogen) atoms. The molecule has 1 N–H and O–H groups in total. The minimum absolute atomic E-state index is 0.0565. The second kappa shape index (κ2) is 12.6. The third-order valence-electron chi connectivity index (χ3n) is 6.40. The molecule has 0 saturated carbocycles. The van der Waals surface area contributed by atoms with Crippen molar-refractivity contribution in [1.82, 2.24) is 20.2 Å².